The van der Waals surface area contributed by atoms with Crippen molar-refractivity contribution in [2.24, 2.45) is 23.5 Å². The number of carbonyl (C=O) groups excluding carboxylic acids is 2. The minimum atomic E-state index is -0.305. The average molecular weight is 323 g/mol. The Morgan fingerprint density at radius 1 is 1.45 bits per heavy atom. The number of fused-ring (bicyclic) bond motifs is 2. The highest BCUT2D eigenvalue weighted by atomic mass is 32.1. The summed E-state index contributed by atoms with van der Waals surface area (Å²) in [5, 5.41) is 5.16. The number of hydrogen-bond donors (Lipinski definition) is 2. The van der Waals surface area contributed by atoms with Gasteiger partial charge in [0.15, 0.2) is 5.13 Å². The van der Waals surface area contributed by atoms with Crippen LogP contribution in [0.25, 0.3) is 0 Å². The minimum Gasteiger partial charge on any atom is -0.466 e. The van der Waals surface area contributed by atoms with Crippen LogP contribution in [0.3, 0.4) is 0 Å². The number of carbonyl (C=O) groups is 2. The molecule has 0 saturated heterocycles. The fourth-order valence-corrected chi connectivity index (χ4v) is 4.43. The van der Waals surface area contributed by atoms with E-state index in [1.165, 1.54) is 11.3 Å². The second-order valence-electron chi connectivity index (χ2n) is 6.05. The predicted molar refractivity (Wildman–Crippen MR) is 83.4 cm³/mol. The van der Waals surface area contributed by atoms with Gasteiger partial charge in [-0.15, -0.1) is 11.3 Å². The molecule has 1 aromatic heterocycles. The molecular formula is C15H21N3O3S. The fraction of sp³-hybridized carbons (Fsp3) is 0.667. The van der Waals surface area contributed by atoms with Gasteiger partial charge in [-0.1, -0.05) is 0 Å². The minimum absolute atomic E-state index is 0.0299. The lowest BCUT2D eigenvalue weighted by atomic mass is 9.84. The maximum atomic E-state index is 12.4. The van der Waals surface area contributed by atoms with E-state index < -0.39 is 0 Å². The zero-order chi connectivity index (χ0) is 15.7. The monoisotopic (exact) mass is 323 g/mol. The van der Waals surface area contributed by atoms with E-state index in [2.05, 4.69) is 10.3 Å². The SMILES string of the molecule is CCOC(=O)Cc1csc(NC(=O)C2C3CCC(C3)C2N)n1. The van der Waals surface area contributed by atoms with Gasteiger partial charge >= 0.3 is 5.97 Å². The Morgan fingerprint density at radius 3 is 2.91 bits per heavy atom. The third-order valence-corrected chi connectivity index (χ3v) is 5.50. The molecule has 0 spiro atoms. The van der Waals surface area contributed by atoms with E-state index in [-0.39, 0.29) is 30.3 Å². The van der Waals surface area contributed by atoms with Crippen LogP contribution < -0.4 is 11.1 Å². The first-order valence-electron chi connectivity index (χ1n) is 7.75. The van der Waals surface area contributed by atoms with Crippen molar-refractivity contribution in [1.82, 2.24) is 4.98 Å². The van der Waals surface area contributed by atoms with Gasteiger partial charge < -0.3 is 15.8 Å². The Morgan fingerprint density at radius 2 is 2.23 bits per heavy atom. The van der Waals surface area contributed by atoms with Crippen molar-refractivity contribution in [1.29, 1.82) is 0 Å². The summed E-state index contributed by atoms with van der Waals surface area (Å²) < 4.78 is 4.89. The number of amides is 1. The Hall–Kier alpha value is -1.47. The predicted octanol–water partition coefficient (Wildman–Crippen LogP) is 1.56. The summed E-state index contributed by atoms with van der Waals surface area (Å²) in [6.07, 6.45) is 3.46. The molecule has 2 aliphatic rings. The molecule has 1 heterocycles. The van der Waals surface area contributed by atoms with Crippen molar-refractivity contribution in [3.63, 3.8) is 0 Å². The molecule has 1 amide bonds. The normalized spacial score (nSPS) is 29.5. The summed E-state index contributed by atoms with van der Waals surface area (Å²) in [5.74, 6) is 0.476. The molecule has 120 valence electrons. The zero-order valence-electron chi connectivity index (χ0n) is 12.6. The van der Waals surface area contributed by atoms with Crippen molar-refractivity contribution in [2.45, 2.75) is 38.6 Å². The Labute approximate surface area is 133 Å². The number of thiazole rings is 1. The van der Waals surface area contributed by atoms with Crippen LogP contribution in [0, 0.1) is 17.8 Å². The molecule has 22 heavy (non-hydrogen) atoms. The lowest BCUT2D eigenvalue weighted by Crippen LogP contribution is -2.42. The van der Waals surface area contributed by atoms with Crippen LogP contribution in [-0.4, -0.2) is 29.5 Å². The molecule has 0 aromatic carbocycles. The van der Waals surface area contributed by atoms with Gasteiger partial charge in [0.25, 0.3) is 0 Å². The summed E-state index contributed by atoms with van der Waals surface area (Å²) in [5.41, 5.74) is 6.81. The van der Waals surface area contributed by atoms with Crippen LogP contribution in [0.5, 0.6) is 0 Å². The second kappa shape index (κ2) is 6.34. The van der Waals surface area contributed by atoms with Crippen LogP contribution in [-0.2, 0) is 20.7 Å². The van der Waals surface area contributed by atoms with Gasteiger partial charge in [-0.3, -0.25) is 9.59 Å². The number of ether oxygens (including phenoxy) is 1. The van der Waals surface area contributed by atoms with E-state index >= 15 is 0 Å². The maximum Gasteiger partial charge on any atom is 0.311 e. The lowest BCUT2D eigenvalue weighted by Gasteiger charge is -2.26. The number of nitrogens with one attached hydrogen (secondary N) is 1. The van der Waals surface area contributed by atoms with E-state index in [1.807, 2.05) is 0 Å². The molecule has 0 radical (unpaired) electrons. The van der Waals surface area contributed by atoms with Crippen molar-refractivity contribution in [3.8, 4) is 0 Å². The summed E-state index contributed by atoms with van der Waals surface area (Å²) in [6.45, 7) is 2.12. The third kappa shape index (κ3) is 3.01. The van der Waals surface area contributed by atoms with E-state index in [4.69, 9.17) is 10.5 Å². The van der Waals surface area contributed by atoms with Crippen LogP contribution in [0.4, 0.5) is 5.13 Å². The molecule has 2 bridgehead atoms. The summed E-state index contributed by atoms with van der Waals surface area (Å²) in [7, 11) is 0. The van der Waals surface area contributed by atoms with Crippen molar-refractivity contribution < 1.29 is 14.3 Å². The highest BCUT2D eigenvalue weighted by molar-refractivity contribution is 7.13. The molecule has 6 nitrogen and oxygen atoms in total. The Balaban J connectivity index is 1.58. The molecule has 4 atom stereocenters. The molecule has 2 saturated carbocycles. The molecule has 4 unspecified atom stereocenters. The van der Waals surface area contributed by atoms with Crippen LogP contribution in [0.15, 0.2) is 5.38 Å². The quantitative estimate of drug-likeness (QED) is 0.802. The van der Waals surface area contributed by atoms with E-state index in [0.29, 0.717) is 29.3 Å². The highest BCUT2D eigenvalue weighted by Gasteiger charge is 2.49. The lowest BCUT2D eigenvalue weighted by molar-refractivity contribution is -0.142. The zero-order valence-corrected chi connectivity index (χ0v) is 13.4. The third-order valence-electron chi connectivity index (χ3n) is 4.70. The number of aromatic nitrogens is 1. The van der Waals surface area contributed by atoms with E-state index in [1.54, 1.807) is 12.3 Å². The van der Waals surface area contributed by atoms with Gasteiger partial charge in [0.2, 0.25) is 5.91 Å². The Bertz CT molecular complexity index is 572. The van der Waals surface area contributed by atoms with Gasteiger partial charge in [0.1, 0.15) is 0 Å². The van der Waals surface area contributed by atoms with Gasteiger partial charge in [0.05, 0.1) is 24.6 Å². The summed E-state index contributed by atoms with van der Waals surface area (Å²) in [4.78, 5) is 28.1. The molecule has 3 N–H and O–H groups in total. The van der Waals surface area contributed by atoms with Crippen molar-refractivity contribution >= 4 is 28.3 Å². The van der Waals surface area contributed by atoms with Crippen LogP contribution in [0.1, 0.15) is 31.9 Å². The highest BCUT2D eigenvalue weighted by Crippen LogP contribution is 2.47. The largest absolute Gasteiger partial charge is 0.466 e. The van der Waals surface area contributed by atoms with Gasteiger partial charge in [-0.05, 0) is 38.0 Å². The molecular weight excluding hydrogens is 302 g/mol. The number of nitrogens with two attached hydrogens (primary N) is 1. The summed E-state index contributed by atoms with van der Waals surface area (Å²) in [6, 6.07) is -0.0299. The van der Waals surface area contributed by atoms with Crippen molar-refractivity contribution in [3.05, 3.63) is 11.1 Å². The van der Waals surface area contributed by atoms with Crippen LogP contribution in [0.2, 0.25) is 0 Å². The second-order valence-corrected chi connectivity index (χ2v) is 6.91. The van der Waals surface area contributed by atoms with E-state index in [0.717, 1.165) is 19.3 Å². The van der Waals surface area contributed by atoms with Crippen LogP contribution >= 0.6 is 11.3 Å². The number of esters is 1. The number of nitrogens with zero attached hydrogens (tertiary/aromatic N) is 1. The fourth-order valence-electron chi connectivity index (χ4n) is 3.72. The first kappa shape index (κ1) is 15.4. The molecule has 1 aromatic rings. The summed E-state index contributed by atoms with van der Waals surface area (Å²) >= 11 is 1.33. The van der Waals surface area contributed by atoms with Gasteiger partial charge in [-0.25, -0.2) is 4.98 Å². The number of anilines is 1. The molecule has 3 rings (SSSR count). The molecule has 0 aliphatic heterocycles. The van der Waals surface area contributed by atoms with Gasteiger partial charge in [0, 0.05) is 11.4 Å². The number of rotatable bonds is 5. The average Bonchev–Trinajstić information content (AvgIpc) is 3.15. The molecule has 7 heteroatoms. The Kier molecular flexibility index (Phi) is 4.44. The first-order valence-corrected chi connectivity index (χ1v) is 8.63. The standard InChI is InChI=1S/C15H21N3O3S/c1-2-21-11(19)6-10-7-22-15(17-10)18-14(20)12-8-3-4-9(5-8)13(12)16/h7-9,12-13H,2-6,16H2,1H3,(H,17,18,20). The molecule has 2 aliphatic carbocycles. The maximum absolute atomic E-state index is 12.4. The van der Waals surface area contributed by atoms with Gasteiger partial charge in [-0.2, -0.15) is 0 Å². The number of hydrogen-bond acceptors (Lipinski definition) is 6. The molecule has 2 fully saturated rings. The van der Waals surface area contributed by atoms with Crippen molar-refractivity contribution in [2.75, 3.05) is 11.9 Å². The first-order chi connectivity index (χ1) is 10.6. The smallest absolute Gasteiger partial charge is 0.311 e. The topological polar surface area (TPSA) is 94.3 Å². The van der Waals surface area contributed by atoms with E-state index in [9.17, 15) is 9.59 Å².